The summed E-state index contributed by atoms with van der Waals surface area (Å²) in [6, 6.07) is 0. The third-order valence-electron chi connectivity index (χ3n) is 1.43. The van der Waals surface area contributed by atoms with Crippen LogP contribution in [0.2, 0.25) is 0 Å². The molecule has 0 rings (SSSR count). The van der Waals surface area contributed by atoms with Gasteiger partial charge < -0.3 is 9.47 Å². The number of carbonyl (C=O) groups is 2. The second-order valence-corrected chi connectivity index (χ2v) is 3.70. The highest BCUT2D eigenvalue weighted by molar-refractivity contribution is 5.69. The van der Waals surface area contributed by atoms with Crippen LogP contribution in [0, 0.1) is 5.92 Å². The van der Waals surface area contributed by atoms with Gasteiger partial charge >= 0.3 is 11.9 Å². The molecule has 1 unspecified atom stereocenters. The molecule has 0 aromatic rings. The van der Waals surface area contributed by atoms with Crippen molar-refractivity contribution >= 4 is 11.9 Å². The van der Waals surface area contributed by atoms with Crippen LogP contribution >= 0.6 is 0 Å². The molecule has 0 fully saturated rings. The highest BCUT2D eigenvalue weighted by Crippen LogP contribution is 2.03. The first kappa shape index (κ1) is 12.9. The number of rotatable bonds is 5. The van der Waals surface area contributed by atoms with Crippen molar-refractivity contribution in [3.8, 4) is 0 Å². The average Bonchev–Trinajstić information content (AvgIpc) is 1.98. The van der Waals surface area contributed by atoms with Gasteiger partial charge in [0, 0.05) is 13.3 Å². The van der Waals surface area contributed by atoms with E-state index in [1.54, 1.807) is 6.92 Å². The molecule has 4 heteroatoms. The zero-order valence-electron chi connectivity index (χ0n) is 9.20. The molecule has 0 aliphatic carbocycles. The minimum Gasteiger partial charge on any atom is -0.462 e. The topological polar surface area (TPSA) is 52.6 Å². The Balaban J connectivity index is 3.65. The quantitative estimate of drug-likeness (QED) is 0.634. The van der Waals surface area contributed by atoms with Crippen molar-refractivity contribution in [2.45, 2.75) is 40.2 Å². The molecule has 0 radical (unpaired) electrons. The van der Waals surface area contributed by atoms with Gasteiger partial charge in [0.2, 0.25) is 0 Å². The Morgan fingerprint density at radius 2 is 1.79 bits per heavy atom. The van der Waals surface area contributed by atoms with Gasteiger partial charge in [0.05, 0.1) is 0 Å². The molecular formula is C10H18O4. The van der Waals surface area contributed by atoms with E-state index in [1.165, 1.54) is 6.92 Å². The Kier molecular flexibility index (Phi) is 5.92. The number of hydrogen-bond acceptors (Lipinski definition) is 4. The van der Waals surface area contributed by atoms with Gasteiger partial charge in [0.15, 0.2) is 0 Å². The van der Waals surface area contributed by atoms with Crippen molar-refractivity contribution in [2.24, 2.45) is 5.92 Å². The molecular weight excluding hydrogens is 184 g/mol. The van der Waals surface area contributed by atoms with E-state index in [9.17, 15) is 9.59 Å². The first-order valence-electron chi connectivity index (χ1n) is 4.74. The van der Waals surface area contributed by atoms with Crippen LogP contribution in [-0.4, -0.2) is 24.6 Å². The van der Waals surface area contributed by atoms with Crippen LogP contribution in [0.25, 0.3) is 0 Å². The lowest BCUT2D eigenvalue weighted by Crippen LogP contribution is -2.22. The van der Waals surface area contributed by atoms with Gasteiger partial charge in [-0.2, -0.15) is 0 Å². The molecule has 0 N–H and O–H groups in total. The fraction of sp³-hybridized carbons (Fsp3) is 0.800. The highest BCUT2D eigenvalue weighted by Gasteiger charge is 2.11. The summed E-state index contributed by atoms with van der Waals surface area (Å²) in [6.07, 6.45) is 0.0230. The van der Waals surface area contributed by atoms with E-state index in [-0.39, 0.29) is 30.6 Å². The molecule has 0 saturated heterocycles. The lowest BCUT2D eigenvalue weighted by Gasteiger charge is -2.13. The van der Waals surface area contributed by atoms with Crippen LogP contribution in [-0.2, 0) is 19.1 Å². The van der Waals surface area contributed by atoms with E-state index in [1.807, 2.05) is 13.8 Å². The summed E-state index contributed by atoms with van der Waals surface area (Å²) in [4.78, 5) is 21.6. The molecule has 82 valence electrons. The number of esters is 2. The predicted octanol–water partition coefficient (Wildman–Crippen LogP) is 1.53. The predicted molar refractivity (Wildman–Crippen MR) is 51.6 cm³/mol. The second-order valence-electron chi connectivity index (χ2n) is 3.70. The molecule has 0 aromatic carbocycles. The molecule has 0 amide bonds. The monoisotopic (exact) mass is 202 g/mol. The van der Waals surface area contributed by atoms with Crippen molar-refractivity contribution in [1.29, 1.82) is 0 Å². The number of hydrogen-bond donors (Lipinski definition) is 0. The largest absolute Gasteiger partial charge is 0.462 e. The first-order valence-corrected chi connectivity index (χ1v) is 4.74. The first-order chi connectivity index (χ1) is 6.41. The molecule has 0 spiro atoms. The Morgan fingerprint density at radius 1 is 1.21 bits per heavy atom. The maximum Gasteiger partial charge on any atom is 0.306 e. The van der Waals surface area contributed by atoms with E-state index >= 15 is 0 Å². The van der Waals surface area contributed by atoms with Gasteiger partial charge in [-0.1, -0.05) is 13.8 Å². The zero-order chi connectivity index (χ0) is 11.1. The van der Waals surface area contributed by atoms with E-state index in [2.05, 4.69) is 0 Å². The van der Waals surface area contributed by atoms with Crippen LogP contribution in [0.1, 0.15) is 34.1 Å². The van der Waals surface area contributed by atoms with Gasteiger partial charge in [-0.05, 0) is 12.8 Å². The summed E-state index contributed by atoms with van der Waals surface area (Å²) in [5.41, 5.74) is 0. The normalized spacial score (nSPS) is 12.4. The second kappa shape index (κ2) is 6.40. The minimum absolute atomic E-state index is 0.124. The molecule has 0 aliphatic rings. The van der Waals surface area contributed by atoms with E-state index in [0.29, 0.717) is 6.42 Å². The molecule has 0 bridgehead atoms. The van der Waals surface area contributed by atoms with Crippen LogP contribution in [0.4, 0.5) is 0 Å². The summed E-state index contributed by atoms with van der Waals surface area (Å²) < 4.78 is 9.69. The molecule has 1 atom stereocenters. The lowest BCUT2D eigenvalue weighted by atomic mass is 10.1. The van der Waals surface area contributed by atoms with Crippen molar-refractivity contribution in [2.75, 3.05) is 6.61 Å². The van der Waals surface area contributed by atoms with E-state index < -0.39 is 0 Å². The summed E-state index contributed by atoms with van der Waals surface area (Å²) in [7, 11) is 0. The molecule has 4 nitrogen and oxygen atoms in total. The van der Waals surface area contributed by atoms with Crippen molar-refractivity contribution in [3.05, 3.63) is 0 Å². The van der Waals surface area contributed by atoms with Crippen molar-refractivity contribution in [1.82, 2.24) is 0 Å². The number of ether oxygens (including phenoxy) is 2. The van der Waals surface area contributed by atoms with Gasteiger partial charge in [-0.25, -0.2) is 0 Å². The summed E-state index contributed by atoms with van der Waals surface area (Å²) in [5.74, 6) is -0.333. The maximum atomic E-state index is 11.1. The minimum atomic E-state index is -0.370. The summed E-state index contributed by atoms with van der Waals surface area (Å²) in [5, 5.41) is 0. The van der Waals surface area contributed by atoms with Gasteiger partial charge in [0.25, 0.3) is 0 Å². The van der Waals surface area contributed by atoms with Crippen molar-refractivity contribution < 1.29 is 19.1 Å². The lowest BCUT2D eigenvalue weighted by molar-refractivity contribution is -0.157. The summed E-state index contributed by atoms with van der Waals surface area (Å²) in [6.45, 7) is 7.03. The zero-order valence-corrected chi connectivity index (χ0v) is 9.20. The maximum absolute atomic E-state index is 11.1. The summed E-state index contributed by atoms with van der Waals surface area (Å²) >= 11 is 0. The molecule has 0 saturated carbocycles. The highest BCUT2D eigenvalue weighted by atomic mass is 16.6. The van der Waals surface area contributed by atoms with Crippen molar-refractivity contribution in [3.63, 3.8) is 0 Å². The fourth-order valence-electron chi connectivity index (χ4n) is 0.875. The smallest absolute Gasteiger partial charge is 0.306 e. The third kappa shape index (κ3) is 7.58. The van der Waals surface area contributed by atoms with E-state index in [0.717, 1.165) is 0 Å². The molecule has 0 aromatic heterocycles. The van der Waals surface area contributed by atoms with Crippen LogP contribution < -0.4 is 0 Å². The molecule has 0 heterocycles. The average molecular weight is 202 g/mol. The molecule has 14 heavy (non-hydrogen) atoms. The Bertz CT molecular complexity index is 198. The third-order valence-corrected chi connectivity index (χ3v) is 1.43. The van der Waals surface area contributed by atoms with Crippen LogP contribution in [0.3, 0.4) is 0 Å². The Labute approximate surface area is 84.6 Å². The number of carbonyl (C=O) groups excluding carboxylic acids is 2. The van der Waals surface area contributed by atoms with Gasteiger partial charge in [-0.3, -0.25) is 9.59 Å². The van der Waals surface area contributed by atoms with Gasteiger partial charge in [0.1, 0.15) is 12.7 Å². The van der Waals surface area contributed by atoms with E-state index in [4.69, 9.17) is 9.47 Å². The van der Waals surface area contributed by atoms with Crippen LogP contribution in [0.15, 0.2) is 0 Å². The van der Waals surface area contributed by atoms with Gasteiger partial charge in [-0.15, -0.1) is 0 Å². The fourth-order valence-corrected chi connectivity index (χ4v) is 0.875. The SMILES string of the molecule is CC(=O)OCC(C)OC(=O)CC(C)C. The van der Waals surface area contributed by atoms with Crippen LogP contribution in [0.5, 0.6) is 0 Å². The Morgan fingerprint density at radius 3 is 2.21 bits per heavy atom. The Hall–Kier alpha value is -1.06. The standard InChI is InChI=1S/C10H18O4/c1-7(2)5-10(12)14-8(3)6-13-9(4)11/h7-8H,5-6H2,1-4H3. The molecule has 0 aliphatic heterocycles.